The summed E-state index contributed by atoms with van der Waals surface area (Å²) in [7, 11) is 0. The van der Waals surface area contributed by atoms with Crippen LogP contribution >= 0.6 is 0 Å². The number of aromatic nitrogens is 4. The van der Waals surface area contributed by atoms with Gasteiger partial charge in [0.05, 0.1) is 0 Å². The Hall–Kier alpha value is -2.96. The Kier molecular flexibility index (Phi) is 2.77. The predicted octanol–water partition coefficient (Wildman–Crippen LogP) is 1.71. The topological polar surface area (TPSA) is 96.7 Å². The normalized spacial score (nSPS) is 10.3. The van der Waals surface area contributed by atoms with E-state index in [1.807, 2.05) is 0 Å². The van der Waals surface area contributed by atoms with Crippen molar-refractivity contribution in [1.82, 2.24) is 20.2 Å². The molecule has 0 saturated heterocycles. The smallest absolute Gasteiger partial charge is 0.257 e. The summed E-state index contributed by atoms with van der Waals surface area (Å²) in [6, 6.07) is 6.84. The van der Waals surface area contributed by atoms with E-state index in [0.717, 1.165) is 5.56 Å². The summed E-state index contributed by atoms with van der Waals surface area (Å²) in [5, 5.41) is 10.0. The van der Waals surface area contributed by atoms with E-state index < -0.39 is 0 Å². The third-order valence-electron chi connectivity index (χ3n) is 2.48. The van der Waals surface area contributed by atoms with Crippen molar-refractivity contribution in [3.8, 4) is 11.5 Å². The van der Waals surface area contributed by atoms with E-state index in [1.54, 1.807) is 36.7 Å². The fourth-order valence-electron chi connectivity index (χ4n) is 1.58. The zero-order chi connectivity index (χ0) is 13.1. The Balaban J connectivity index is 1.77. The number of aromatic amines is 1. The van der Waals surface area contributed by atoms with Crippen LogP contribution in [-0.4, -0.2) is 26.1 Å². The third kappa shape index (κ3) is 2.34. The number of nitrogens with one attached hydrogen (secondary N) is 2. The molecule has 7 nitrogen and oxygen atoms in total. The first kappa shape index (κ1) is 11.1. The maximum absolute atomic E-state index is 11.9. The molecule has 2 aromatic heterocycles. The third-order valence-corrected chi connectivity index (χ3v) is 2.48. The molecule has 0 aliphatic carbocycles. The lowest BCUT2D eigenvalue weighted by Crippen LogP contribution is -2.12. The number of anilines is 1. The van der Waals surface area contributed by atoms with E-state index in [2.05, 4.69) is 25.5 Å². The molecule has 0 spiro atoms. The number of nitrogens with zero attached hydrogens (tertiary/aromatic N) is 3. The number of hydrogen-bond donors (Lipinski definition) is 2. The molecule has 0 atom stereocenters. The van der Waals surface area contributed by atoms with Gasteiger partial charge in [0.2, 0.25) is 18.2 Å². The second kappa shape index (κ2) is 4.73. The molecule has 0 bridgehead atoms. The monoisotopic (exact) mass is 255 g/mol. The van der Waals surface area contributed by atoms with Crippen LogP contribution in [0, 0.1) is 0 Å². The van der Waals surface area contributed by atoms with Crippen LogP contribution in [0.2, 0.25) is 0 Å². The largest absolute Gasteiger partial charge is 0.423 e. The highest BCUT2D eigenvalue weighted by molar-refractivity contribution is 6.03. The summed E-state index contributed by atoms with van der Waals surface area (Å²) >= 11 is 0. The first-order chi connectivity index (χ1) is 9.33. The number of amides is 1. The van der Waals surface area contributed by atoms with E-state index in [-0.39, 0.29) is 5.91 Å². The average Bonchev–Trinajstić information content (AvgIpc) is 3.12. The van der Waals surface area contributed by atoms with Gasteiger partial charge in [0, 0.05) is 23.5 Å². The average molecular weight is 255 g/mol. The Labute approximate surface area is 107 Å². The second-order valence-corrected chi connectivity index (χ2v) is 3.71. The van der Waals surface area contributed by atoms with Gasteiger partial charge in [0.1, 0.15) is 0 Å². The van der Waals surface area contributed by atoms with Gasteiger partial charge in [0.15, 0.2) is 0 Å². The van der Waals surface area contributed by atoms with Gasteiger partial charge in [-0.3, -0.25) is 10.1 Å². The van der Waals surface area contributed by atoms with E-state index >= 15 is 0 Å². The molecule has 0 saturated carbocycles. The van der Waals surface area contributed by atoms with Gasteiger partial charge in [-0.15, -0.1) is 10.2 Å². The molecule has 2 heterocycles. The molecule has 0 aliphatic rings. The van der Waals surface area contributed by atoms with Crippen LogP contribution in [0.5, 0.6) is 0 Å². The summed E-state index contributed by atoms with van der Waals surface area (Å²) in [4.78, 5) is 18.6. The quantitative estimate of drug-likeness (QED) is 0.742. The van der Waals surface area contributed by atoms with Crippen molar-refractivity contribution in [2.45, 2.75) is 0 Å². The Morgan fingerprint density at radius 2 is 2.11 bits per heavy atom. The van der Waals surface area contributed by atoms with Gasteiger partial charge >= 0.3 is 0 Å². The molecule has 1 amide bonds. The Bertz CT molecular complexity index is 659. The maximum Gasteiger partial charge on any atom is 0.257 e. The van der Waals surface area contributed by atoms with E-state index in [0.29, 0.717) is 17.4 Å². The van der Waals surface area contributed by atoms with Gasteiger partial charge in [-0.1, -0.05) is 0 Å². The standard InChI is InChI=1S/C12H9N5O2/c18-10(16-12-13-5-6-14-12)8-1-3-9(4-2-8)11-17-15-7-19-11/h1-7H,(H2,13,14,16,18). The van der Waals surface area contributed by atoms with Crippen molar-refractivity contribution in [2.75, 3.05) is 5.32 Å². The first-order valence-corrected chi connectivity index (χ1v) is 5.50. The minimum Gasteiger partial charge on any atom is -0.423 e. The molecular weight excluding hydrogens is 246 g/mol. The first-order valence-electron chi connectivity index (χ1n) is 5.50. The van der Waals surface area contributed by atoms with Crippen molar-refractivity contribution in [3.63, 3.8) is 0 Å². The van der Waals surface area contributed by atoms with E-state index in [9.17, 15) is 4.79 Å². The Morgan fingerprint density at radius 3 is 2.74 bits per heavy atom. The molecule has 19 heavy (non-hydrogen) atoms. The second-order valence-electron chi connectivity index (χ2n) is 3.71. The van der Waals surface area contributed by atoms with Crippen molar-refractivity contribution < 1.29 is 9.21 Å². The van der Waals surface area contributed by atoms with Crippen LogP contribution in [0.25, 0.3) is 11.5 Å². The SMILES string of the molecule is O=C(Nc1ncc[nH]1)c1ccc(-c2nnco2)cc1. The molecule has 0 aliphatic heterocycles. The fourth-order valence-corrected chi connectivity index (χ4v) is 1.58. The highest BCUT2D eigenvalue weighted by atomic mass is 16.4. The lowest BCUT2D eigenvalue weighted by Gasteiger charge is -2.02. The summed E-state index contributed by atoms with van der Waals surface area (Å²) < 4.78 is 5.07. The zero-order valence-electron chi connectivity index (χ0n) is 9.70. The highest BCUT2D eigenvalue weighted by Gasteiger charge is 2.09. The lowest BCUT2D eigenvalue weighted by atomic mass is 10.1. The van der Waals surface area contributed by atoms with Crippen molar-refractivity contribution in [1.29, 1.82) is 0 Å². The minimum absolute atomic E-state index is 0.243. The molecule has 2 N–H and O–H groups in total. The number of rotatable bonds is 3. The van der Waals surface area contributed by atoms with Crippen LogP contribution < -0.4 is 5.32 Å². The molecular formula is C12H9N5O2. The van der Waals surface area contributed by atoms with Gasteiger partial charge in [0.25, 0.3) is 5.91 Å². The molecule has 3 aromatic rings. The van der Waals surface area contributed by atoms with Gasteiger partial charge < -0.3 is 9.40 Å². The van der Waals surface area contributed by atoms with Crippen LogP contribution in [-0.2, 0) is 0 Å². The molecule has 1 aromatic carbocycles. The number of carbonyl (C=O) groups excluding carboxylic acids is 1. The van der Waals surface area contributed by atoms with Gasteiger partial charge in [-0.25, -0.2) is 4.98 Å². The number of imidazole rings is 1. The van der Waals surface area contributed by atoms with Crippen LogP contribution in [0.1, 0.15) is 10.4 Å². The Morgan fingerprint density at radius 1 is 1.26 bits per heavy atom. The molecule has 0 radical (unpaired) electrons. The molecule has 7 heteroatoms. The van der Waals surface area contributed by atoms with Crippen LogP contribution in [0.4, 0.5) is 5.95 Å². The number of carbonyl (C=O) groups is 1. The number of hydrogen-bond acceptors (Lipinski definition) is 5. The van der Waals surface area contributed by atoms with Crippen LogP contribution in [0.15, 0.2) is 47.5 Å². The van der Waals surface area contributed by atoms with Gasteiger partial charge in [-0.05, 0) is 24.3 Å². The molecule has 94 valence electrons. The number of benzene rings is 1. The van der Waals surface area contributed by atoms with E-state index in [4.69, 9.17) is 4.42 Å². The van der Waals surface area contributed by atoms with Gasteiger partial charge in [-0.2, -0.15) is 0 Å². The predicted molar refractivity (Wildman–Crippen MR) is 66.3 cm³/mol. The van der Waals surface area contributed by atoms with Crippen molar-refractivity contribution >= 4 is 11.9 Å². The summed E-state index contributed by atoms with van der Waals surface area (Å²) in [6.07, 6.45) is 4.45. The van der Waals surface area contributed by atoms with Crippen molar-refractivity contribution in [2.24, 2.45) is 0 Å². The molecule has 0 unspecified atom stereocenters. The summed E-state index contributed by atoms with van der Waals surface area (Å²) in [5.41, 5.74) is 1.27. The van der Waals surface area contributed by atoms with Crippen LogP contribution in [0.3, 0.4) is 0 Å². The highest BCUT2D eigenvalue weighted by Crippen LogP contribution is 2.16. The van der Waals surface area contributed by atoms with E-state index in [1.165, 1.54) is 6.39 Å². The summed E-state index contributed by atoms with van der Waals surface area (Å²) in [5.74, 6) is 0.580. The van der Waals surface area contributed by atoms with Crippen molar-refractivity contribution in [3.05, 3.63) is 48.6 Å². The zero-order valence-corrected chi connectivity index (χ0v) is 9.70. The maximum atomic E-state index is 11.9. The molecule has 3 rings (SSSR count). The molecule has 0 fully saturated rings. The minimum atomic E-state index is -0.243. The summed E-state index contributed by atoms with van der Waals surface area (Å²) in [6.45, 7) is 0. The fraction of sp³-hybridized carbons (Fsp3) is 0. The lowest BCUT2D eigenvalue weighted by molar-refractivity contribution is 0.102. The number of H-pyrrole nitrogens is 1.